The monoisotopic (exact) mass is 442 g/mol. The Hall–Kier alpha value is -3.13. The van der Waals surface area contributed by atoms with Gasteiger partial charge in [0.25, 0.3) is 0 Å². The second-order valence-corrected chi connectivity index (χ2v) is 7.64. The second kappa shape index (κ2) is 10.3. The summed E-state index contributed by atoms with van der Waals surface area (Å²) in [6.07, 6.45) is 2.00. The molecular formula is C23H26N2O5S. The number of amides is 2. The molecule has 0 aromatic heterocycles. The smallest absolute Gasteiger partial charge is 0.338 e. The van der Waals surface area contributed by atoms with Crippen molar-refractivity contribution in [2.75, 3.05) is 33.6 Å². The number of nitrogens with zero attached hydrogens (tertiary/aromatic N) is 1. The zero-order chi connectivity index (χ0) is 22.4. The molecule has 2 aromatic rings. The predicted octanol–water partition coefficient (Wildman–Crippen LogP) is 4.01. The van der Waals surface area contributed by atoms with E-state index in [2.05, 4.69) is 5.32 Å². The largest absolute Gasteiger partial charge is 0.497 e. The van der Waals surface area contributed by atoms with Crippen LogP contribution >= 0.6 is 11.8 Å². The van der Waals surface area contributed by atoms with Crippen LogP contribution in [0, 0.1) is 0 Å². The van der Waals surface area contributed by atoms with Crippen molar-refractivity contribution >= 4 is 23.8 Å². The Bertz CT molecular complexity index is 957. The van der Waals surface area contributed by atoms with Crippen molar-refractivity contribution < 1.29 is 23.8 Å². The summed E-state index contributed by atoms with van der Waals surface area (Å²) >= 11 is 1.64. The van der Waals surface area contributed by atoms with E-state index in [0.717, 1.165) is 10.5 Å². The number of hydrogen-bond donors (Lipinski definition) is 1. The summed E-state index contributed by atoms with van der Waals surface area (Å²) in [7, 11) is 3.19. The molecule has 0 aliphatic carbocycles. The molecule has 2 amide bonds. The fraction of sp³-hybridized carbons (Fsp3) is 0.304. The van der Waals surface area contributed by atoms with E-state index in [0.29, 0.717) is 22.8 Å². The molecule has 1 atom stereocenters. The van der Waals surface area contributed by atoms with Gasteiger partial charge in [-0.05, 0) is 55.1 Å². The molecule has 164 valence electrons. The molecule has 3 rings (SSSR count). The Balaban J connectivity index is 1.98. The number of ether oxygens (including phenoxy) is 3. The molecule has 8 heteroatoms. The first-order chi connectivity index (χ1) is 15.0. The number of hydrogen-bond acceptors (Lipinski definition) is 6. The first-order valence-corrected chi connectivity index (χ1v) is 11.1. The highest BCUT2D eigenvalue weighted by Gasteiger charge is 2.37. The fourth-order valence-corrected chi connectivity index (χ4v) is 3.66. The van der Waals surface area contributed by atoms with Gasteiger partial charge >= 0.3 is 12.0 Å². The molecule has 1 aliphatic heterocycles. The minimum Gasteiger partial charge on any atom is -0.497 e. The Morgan fingerprint density at radius 1 is 1.10 bits per heavy atom. The fourth-order valence-electron chi connectivity index (χ4n) is 3.25. The number of likely N-dealkylation sites (N-methyl/N-ethyl adjacent to an activating group) is 1. The van der Waals surface area contributed by atoms with Gasteiger partial charge in [0.1, 0.15) is 18.1 Å². The summed E-state index contributed by atoms with van der Waals surface area (Å²) < 4.78 is 16.5. The van der Waals surface area contributed by atoms with Crippen molar-refractivity contribution in [1.29, 1.82) is 0 Å². The summed E-state index contributed by atoms with van der Waals surface area (Å²) in [4.78, 5) is 28.1. The van der Waals surface area contributed by atoms with Crippen LogP contribution < -0.4 is 14.8 Å². The van der Waals surface area contributed by atoms with Crippen molar-refractivity contribution in [2.24, 2.45) is 0 Å². The van der Waals surface area contributed by atoms with Gasteiger partial charge in [-0.15, -0.1) is 11.8 Å². The molecule has 0 radical (unpaired) electrons. The molecule has 1 heterocycles. The van der Waals surface area contributed by atoms with E-state index in [4.69, 9.17) is 14.2 Å². The van der Waals surface area contributed by atoms with E-state index in [1.54, 1.807) is 45.0 Å². The molecular weight excluding hydrogens is 416 g/mol. The number of carbonyl (C=O) groups is 2. The van der Waals surface area contributed by atoms with Crippen molar-refractivity contribution in [3.05, 3.63) is 65.4 Å². The lowest BCUT2D eigenvalue weighted by atomic mass is 9.94. The lowest BCUT2D eigenvalue weighted by Gasteiger charge is -2.34. The summed E-state index contributed by atoms with van der Waals surface area (Å²) in [6.45, 7) is 2.01. The van der Waals surface area contributed by atoms with E-state index < -0.39 is 12.0 Å². The van der Waals surface area contributed by atoms with Crippen molar-refractivity contribution in [3.63, 3.8) is 0 Å². The van der Waals surface area contributed by atoms with Crippen LogP contribution in [0.5, 0.6) is 11.5 Å². The highest BCUT2D eigenvalue weighted by atomic mass is 32.2. The van der Waals surface area contributed by atoms with Crippen LogP contribution in [0.1, 0.15) is 18.5 Å². The summed E-state index contributed by atoms with van der Waals surface area (Å²) in [5.74, 6) is 0.835. The zero-order valence-electron chi connectivity index (χ0n) is 18.0. The summed E-state index contributed by atoms with van der Waals surface area (Å²) in [6, 6.07) is 13.8. The number of esters is 1. The van der Waals surface area contributed by atoms with Crippen LogP contribution in [0.2, 0.25) is 0 Å². The normalized spacial score (nSPS) is 16.1. The first kappa shape index (κ1) is 22.6. The van der Waals surface area contributed by atoms with Crippen LogP contribution in [0.4, 0.5) is 4.79 Å². The minimum atomic E-state index is -0.661. The summed E-state index contributed by atoms with van der Waals surface area (Å²) in [5.41, 5.74) is 1.54. The Labute approximate surface area is 186 Å². The molecule has 31 heavy (non-hydrogen) atoms. The molecule has 1 N–H and O–H groups in total. The molecule has 2 aromatic carbocycles. The Kier molecular flexibility index (Phi) is 7.46. The number of methoxy groups -OCH3 is 1. The summed E-state index contributed by atoms with van der Waals surface area (Å²) in [5, 5.41) is 2.88. The third kappa shape index (κ3) is 5.14. The van der Waals surface area contributed by atoms with E-state index in [-0.39, 0.29) is 19.2 Å². The van der Waals surface area contributed by atoms with Crippen molar-refractivity contribution in [1.82, 2.24) is 10.2 Å². The molecule has 0 spiro atoms. The third-order valence-electron chi connectivity index (χ3n) is 4.96. The van der Waals surface area contributed by atoms with Gasteiger partial charge in [-0.2, -0.15) is 0 Å². The maximum absolute atomic E-state index is 12.9. The van der Waals surface area contributed by atoms with Gasteiger partial charge in [0.05, 0.1) is 31.0 Å². The molecule has 0 saturated heterocycles. The van der Waals surface area contributed by atoms with Crippen molar-refractivity contribution in [3.8, 4) is 11.5 Å². The van der Waals surface area contributed by atoms with E-state index in [1.165, 1.54) is 4.90 Å². The molecule has 1 unspecified atom stereocenters. The number of nitrogens with one attached hydrogen (secondary N) is 1. The van der Waals surface area contributed by atoms with Crippen LogP contribution in [-0.4, -0.2) is 50.5 Å². The lowest BCUT2D eigenvalue weighted by molar-refractivity contribution is -0.139. The second-order valence-electron chi connectivity index (χ2n) is 6.76. The van der Waals surface area contributed by atoms with Crippen LogP contribution in [-0.2, 0) is 9.53 Å². The van der Waals surface area contributed by atoms with Gasteiger partial charge in [-0.3, -0.25) is 4.90 Å². The minimum absolute atomic E-state index is 0.0450. The number of urea groups is 1. The maximum atomic E-state index is 12.9. The Morgan fingerprint density at radius 3 is 2.32 bits per heavy atom. The maximum Gasteiger partial charge on any atom is 0.338 e. The van der Waals surface area contributed by atoms with Gasteiger partial charge < -0.3 is 19.5 Å². The van der Waals surface area contributed by atoms with E-state index in [9.17, 15) is 9.59 Å². The topological polar surface area (TPSA) is 77.1 Å². The average molecular weight is 443 g/mol. The highest BCUT2D eigenvalue weighted by Crippen LogP contribution is 2.32. The number of benzene rings is 2. The van der Waals surface area contributed by atoms with Crippen LogP contribution in [0.3, 0.4) is 0 Å². The third-order valence-corrected chi connectivity index (χ3v) is 5.70. The highest BCUT2D eigenvalue weighted by molar-refractivity contribution is 7.98. The van der Waals surface area contributed by atoms with Gasteiger partial charge in [0.2, 0.25) is 0 Å². The standard InChI is InChI=1S/C23H26N2O5S/c1-5-29-22(26)20-19(14-30-17-10-12-18(31-4)13-11-17)25(2)23(27)24-21(20)15-6-8-16(28-3)9-7-15/h6-13,21H,5,14H2,1-4H3,(H,24,27). The van der Waals surface area contributed by atoms with Crippen LogP contribution in [0.15, 0.2) is 64.7 Å². The number of rotatable bonds is 8. The van der Waals surface area contributed by atoms with Crippen LogP contribution in [0.25, 0.3) is 0 Å². The average Bonchev–Trinajstić information content (AvgIpc) is 2.80. The first-order valence-electron chi connectivity index (χ1n) is 9.83. The van der Waals surface area contributed by atoms with Crippen molar-refractivity contribution in [2.45, 2.75) is 17.9 Å². The van der Waals surface area contributed by atoms with Gasteiger partial charge in [0.15, 0.2) is 0 Å². The predicted molar refractivity (Wildman–Crippen MR) is 119 cm³/mol. The quantitative estimate of drug-likeness (QED) is 0.492. The number of carbonyl (C=O) groups excluding carboxylic acids is 2. The lowest BCUT2D eigenvalue weighted by Crippen LogP contribution is -2.48. The van der Waals surface area contributed by atoms with E-state index in [1.807, 2.05) is 42.7 Å². The zero-order valence-corrected chi connectivity index (χ0v) is 18.8. The molecule has 1 aliphatic rings. The Morgan fingerprint density at radius 2 is 1.74 bits per heavy atom. The SMILES string of the molecule is CCOC(=O)C1=C(COc2ccc(SC)cc2)N(C)C(=O)NC1c1ccc(OC)cc1. The van der Waals surface area contributed by atoms with E-state index >= 15 is 0 Å². The molecule has 0 saturated carbocycles. The molecule has 0 bridgehead atoms. The van der Waals surface area contributed by atoms with Gasteiger partial charge in [0, 0.05) is 11.9 Å². The van der Waals surface area contributed by atoms with Gasteiger partial charge in [-0.25, -0.2) is 9.59 Å². The molecule has 0 fully saturated rings. The number of thioether (sulfide) groups is 1. The molecule has 7 nitrogen and oxygen atoms in total. The van der Waals surface area contributed by atoms with Gasteiger partial charge in [-0.1, -0.05) is 12.1 Å².